The molecule has 0 saturated carbocycles. The number of amides is 2. The van der Waals surface area contributed by atoms with Crippen molar-refractivity contribution >= 4 is 34.5 Å². The summed E-state index contributed by atoms with van der Waals surface area (Å²) in [4.78, 5) is 37.6. The third-order valence-electron chi connectivity index (χ3n) is 6.86. The lowest BCUT2D eigenvalue weighted by Crippen LogP contribution is -2.38. The minimum Gasteiger partial charge on any atom is -0.468 e. The normalized spacial score (nSPS) is 17.1. The first-order valence-corrected chi connectivity index (χ1v) is 12.5. The van der Waals surface area contributed by atoms with Crippen LogP contribution in [0.3, 0.4) is 0 Å². The highest BCUT2D eigenvalue weighted by Gasteiger charge is 2.27. The van der Waals surface area contributed by atoms with Gasteiger partial charge in [-0.25, -0.2) is 19.4 Å². The lowest BCUT2D eigenvalue weighted by Gasteiger charge is -2.31. The number of morpholine rings is 1. The summed E-state index contributed by atoms with van der Waals surface area (Å²) in [6.07, 6.45) is 3.58. The van der Waals surface area contributed by atoms with E-state index in [1.807, 2.05) is 35.1 Å². The summed E-state index contributed by atoms with van der Waals surface area (Å²) in [5.41, 5.74) is 2.33. The van der Waals surface area contributed by atoms with E-state index in [4.69, 9.17) is 24.5 Å². The maximum Gasteiger partial charge on any atom is 0.319 e. The van der Waals surface area contributed by atoms with E-state index in [0.29, 0.717) is 31.3 Å². The Labute approximate surface area is 214 Å². The fourth-order valence-corrected chi connectivity index (χ4v) is 4.79. The van der Waals surface area contributed by atoms with Gasteiger partial charge in [-0.3, -0.25) is 9.69 Å². The van der Waals surface area contributed by atoms with Crippen molar-refractivity contribution in [3.63, 3.8) is 0 Å². The molecule has 2 aliphatic rings. The highest BCUT2D eigenvalue weighted by Crippen LogP contribution is 2.32. The Morgan fingerprint density at radius 1 is 1.08 bits per heavy atom. The van der Waals surface area contributed by atoms with Gasteiger partial charge in [0.25, 0.3) is 0 Å². The first-order chi connectivity index (χ1) is 18.1. The zero-order valence-electron chi connectivity index (χ0n) is 21.1. The van der Waals surface area contributed by atoms with Crippen molar-refractivity contribution in [2.75, 3.05) is 70.3 Å². The summed E-state index contributed by atoms with van der Waals surface area (Å²) >= 11 is 0. The van der Waals surface area contributed by atoms with E-state index in [-0.39, 0.29) is 18.0 Å². The van der Waals surface area contributed by atoms with Gasteiger partial charge in [0, 0.05) is 44.5 Å². The van der Waals surface area contributed by atoms with Crippen LogP contribution in [0, 0.1) is 0 Å². The van der Waals surface area contributed by atoms with Crippen LogP contribution in [0.25, 0.3) is 22.4 Å². The molecule has 0 radical (unpaired) electrons. The minimum absolute atomic E-state index is 0.172. The van der Waals surface area contributed by atoms with Crippen LogP contribution in [0.4, 0.5) is 16.3 Å². The molecule has 2 fully saturated rings. The molecule has 5 rings (SSSR count). The van der Waals surface area contributed by atoms with Crippen molar-refractivity contribution in [3.05, 3.63) is 30.5 Å². The molecule has 2 aliphatic heterocycles. The van der Waals surface area contributed by atoms with Gasteiger partial charge < -0.3 is 25.0 Å². The third kappa shape index (κ3) is 5.49. The van der Waals surface area contributed by atoms with E-state index in [2.05, 4.69) is 20.4 Å². The fraction of sp³-hybridized carbons (Fsp3) is 0.480. The van der Waals surface area contributed by atoms with E-state index < -0.39 is 0 Å². The van der Waals surface area contributed by atoms with Crippen molar-refractivity contribution < 1.29 is 19.1 Å². The standard InChI is InChI=1S/C25H32N8O4/c1-26-25(35)28-18-5-3-17(4-6-18)22-29-23(32-11-13-37-14-12-32)20-15-27-33(24(20)30-22)19-7-9-31(10-8-19)16-21(34)36-2/h3-6,15,19H,7-14,16H2,1-2H3,(H2,26,28,35). The van der Waals surface area contributed by atoms with Crippen LogP contribution in [0.15, 0.2) is 30.5 Å². The minimum atomic E-state index is -0.276. The number of anilines is 2. The summed E-state index contributed by atoms with van der Waals surface area (Å²) < 4.78 is 12.4. The molecule has 0 atom stereocenters. The molecule has 37 heavy (non-hydrogen) atoms. The number of fused-ring (bicyclic) bond motifs is 1. The van der Waals surface area contributed by atoms with E-state index >= 15 is 0 Å². The van der Waals surface area contributed by atoms with Crippen LogP contribution in [0.5, 0.6) is 0 Å². The number of hydrogen-bond acceptors (Lipinski definition) is 9. The predicted molar refractivity (Wildman–Crippen MR) is 139 cm³/mol. The number of carbonyl (C=O) groups is 2. The van der Waals surface area contributed by atoms with Crippen molar-refractivity contribution in [1.29, 1.82) is 0 Å². The molecular formula is C25H32N8O4. The van der Waals surface area contributed by atoms with Crippen molar-refractivity contribution in [1.82, 2.24) is 30.0 Å². The first-order valence-electron chi connectivity index (χ1n) is 12.5. The second-order valence-electron chi connectivity index (χ2n) is 9.16. The van der Waals surface area contributed by atoms with Gasteiger partial charge in [0.15, 0.2) is 11.5 Å². The molecule has 0 spiro atoms. The molecule has 1 aromatic carbocycles. The molecule has 0 aliphatic carbocycles. The predicted octanol–water partition coefficient (Wildman–Crippen LogP) is 1.89. The van der Waals surface area contributed by atoms with Crippen LogP contribution >= 0.6 is 0 Å². The van der Waals surface area contributed by atoms with E-state index in [1.54, 1.807) is 7.05 Å². The lowest BCUT2D eigenvalue weighted by molar-refractivity contribution is -0.142. The Hall–Kier alpha value is -3.77. The number of likely N-dealkylation sites (tertiary alicyclic amines) is 1. The molecule has 2 aromatic heterocycles. The Kier molecular flexibility index (Phi) is 7.47. The highest BCUT2D eigenvalue weighted by atomic mass is 16.5. The van der Waals surface area contributed by atoms with Crippen molar-refractivity contribution in [2.45, 2.75) is 18.9 Å². The quantitative estimate of drug-likeness (QED) is 0.480. The number of aromatic nitrogens is 4. The van der Waals surface area contributed by atoms with Gasteiger partial charge in [-0.15, -0.1) is 0 Å². The van der Waals surface area contributed by atoms with Gasteiger partial charge in [0.05, 0.1) is 44.5 Å². The van der Waals surface area contributed by atoms with Crippen LogP contribution in [0.1, 0.15) is 18.9 Å². The number of hydrogen-bond donors (Lipinski definition) is 2. The third-order valence-corrected chi connectivity index (χ3v) is 6.86. The molecule has 2 saturated heterocycles. The number of benzene rings is 1. The number of carbonyl (C=O) groups excluding carboxylic acids is 2. The molecule has 2 amide bonds. The topological polar surface area (TPSA) is 127 Å². The monoisotopic (exact) mass is 508 g/mol. The Morgan fingerprint density at radius 3 is 2.49 bits per heavy atom. The Morgan fingerprint density at radius 2 is 1.81 bits per heavy atom. The van der Waals surface area contributed by atoms with E-state index in [1.165, 1.54) is 7.11 Å². The van der Waals surface area contributed by atoms with Crippen molar-refractivity contribution in [2.24, 2.45) is 0 Å². The number of ether oxygens (including phenoxy) is 2. The number of esters is 1. The van der Waals surface area contributed by atoms with E-state index in [0.717, 1.165) is 61.4 Å². The largest absolute Gasteiger partial charge is 0.468 e. The lowest BCUT2D eigenvalue weighted by atomic mass is 10.1. The average molecular weight is 509 g/mol. The van der Waals surface area contributed by atoms with Gasteiger partial charge in [0.2, 0.25) is 0 Å². The zero-order valence-corrected chi connectivity index (χ0v) is 21.1. The van der Waals surface area contributed by atoms with Gasteiger partial charge in [0.1, 0.15) is 5.82 Å². The number of urea groups is 1. The Bertz CT molecular complexity index is 1250. The van der Waals surface area contributed by atoms with Gasteiger partial charge in [-0.05, 0) is 37.1 Å². The van der Waals surface area contributed by atoms with Crippen LogP contribution < -0.4 is 15.5 Å². The number of piperidine rings is 1. The first kappa shape index (κ1) is 24.9. The molecule has 196 valence electrons. The van der Waals surface area contributed by atoms with Gasteiger partial charge >= 0.3 is 12.0 Å². The van der Waals surface area contributed by atoms with Gasteiger partial charge in [-0.1, -0.05) is 0 Å². The summed E-state index contributed by atoms with van der Waals surface area (Å²) in [5, 5.41) is 11.0. The molecule has 4 heterocycles. The zero-order chi connectivity index (χ0) is 25.8. The number of methoxy groups -OCH3 is 1. The SMILES string of the molecule is CNC(=O)Nc1ccc(-c2nc(N3CCOCC3)c3cnn(C4CCN(CC(=O)OC)CC4)c3n2)cc1. The number of nitrogens with one attached hydrogen (secondary N) is 2. The fourth-order valence-electron chi connectivity index (χ4n) is 4.79. The highest BCUT2D eigenvalue weighted by molar-refractivity contribution is 5.90. The summed E-state index contributed by atoms with van der Waals surface area (Å²) in [6.45, 7) is 4.67. The molecule has 0 unspecified atom stereocenters. The maximum absolute atomic E-state index is 11.7. The van der Waals surface area contributed by atoms with Crippen molar-refractivity contribution in [3.8, 4) is 11.4 Å². The summed E-state index contributed by atoms with van der Waals surface area (Å²) in [6, 6.07) is 7.37. The smallest absolute Gasteiger partial charge is 0.319 e. The number of rotatable bonds is 6. The molecule has 3 aromatic rings. The van der Waals surface area contributed by atoms with Crippen LogP contribution in [0.2, 0.25) is 0 Å². The maximum atomic E-state index is 11.7. The second kappa shape index (κ2) is 11.1. The average Bonchev–Trinajstić information content (AvgIpc) is 3.38. The van der Waals surface area contributed by atoms with E-state index in [9.17, 15) is 9.59 Å². The molecule has 12 heteroatoms. The Balaban J connectivity index is 1.46. The van der Waals surface area contributed by atoms with Crippen LogP contribution in [-0.2, 0) is 14.3 Å². The molecular weight excluding hydrogens is 476 g/mol. The number of nitrogens with zero attached hydrogens (tertiary/aromatic N) is 6. The molecule has 0 bridgehead atoms. The molecule has 12 nitrogen and oxygen atoms in total. The molecule has 2 N–H and O–H groups in total. The summed E-state index contributed by atoms with van der Waals surface area (Å²) in [7, 11) is 2.99. The van der Waals surface area contributed by atoms with Gasteiger partial charge in [-0.2, -0.15) is 5.10 Å². The van der Waals surface area contributed by atoms with Crippen LogP contribution in [-0.4, -0.2) is 96.7 Å². The summed E-state index contributed by atoms with van der Waals surface area (Å²) in [5.74, 6) is 1.24. The second-order valence-corrected chi connectivity index (χ2v) is 9.16.